The van der Waals surface area contributed by atoms with Crippen molar-refractivity contribution >= 4 is 16.6 Å². The van der Waals surface area contributed by atoms with Crippen molar-refractivity contribution in [2.45, 2.75) is 52.2 Å². The number of fused-ring (bicyclic) bond motifs is 2. The molecule has 0 saturated heterocycles. The summed E-state index contributed by atoms with van der Waals surface area (Å²) in [6.07, 6.45) is 1.41. The number of anilines is 1. The molecule has 1 unspecified atom stereocenters. The molecule has 2 heterocycles. The summed E-state index contributed by atoms with van der Waals surface area (Å²) in [6, 6.07) is 15.0. The highest BCUT2D eigenvalue weighted by atomic mass is 19.1. The van der Waals surface area contributed by atoms with Gasteiger partial charge in [-0.3, -0.25) is 0 Å². The van der Waals surface area contributed by atoms with Crippen LogP contribution in [-0.2, 0) is 0 Å². The molecular formula is C30H29FN2O. The summed E-state index contributed by atoms with van der Waals surface area (Å²) in [4.78, 5) is 3.42. The summed E-state index contributed by atoms with van der Waals surface area (Å²) < 4.78 is 14.4. The lowest BCUT2D eigenvalue weighted by molar-refractivity contribution is 0.0868. The zero-order valence-corrected chi connectivity index (χ0v) is 20.2. The van der Waals surface area contributed by atoms with Gasteiger partial charge < -0.3 is 15.4 Å². The molecule has 0 aliphatic carbocycles. The quantitative estimate of drug-likeness (QED) is 0.283. The Labute approximate surface area is 200 Å². The van der Waals surface area contributed by atoms with Gasteiger partial charge in [-0.25, -0.2) is 4.39 Å². The van der Waals surface area contributed by atoms with Gasteiger partial charge in [-0.2, -0.15) is 0 Å². The van der Waals surface area contributed by atoms with Gasteiger partial charge in [-0.15, -0.1) is 0 Å². The number of para-hydroxylation sites is 1. The van der Waals surface area contributed by atoms with E-state index in [2.05, 4.69) is 60.3 Å². The molecule has 0 amide bonds. The van der Waals surface area contributed by atoms with Crippen LogP contribution in [0.1, 0.15) is 54.5 Å². The van der Waals surface area contributed by atoms with Crippen molar-refractivity contribution in [1.29, 1.82) is 0 Å². The molecule has 0 fully saturated rings. The van der Waals surface area contributed by atoms with Crippen molar-refractivity contribution in [3.05, 3.63) is 88.4 Å². The van der Waals surface area contributed by atoms with Crippen LogP contribution in [0.3, 0.4) is 0 Å². The monoisotopic (exact) mass is 452 g/mol. The van der Waals surface area contributed by atoms with E-state index in [1.54, 1.807) is 18.2 Å². The molecule has 1 aliphatic heterocycles. The zero-order chi connectivity index (χ0) is 24.2. The Hall–Kier alpha value is -3.55. The number of halogens is 1. The van der Waals surface area contributed by atoms with Crippen molar-refractivity contribution in [2.24, 2.45) is 0 Å². The van der Waals surface area contributed by atoms with Crippen molar-refractivity contribution in [3.8, 4) is 23.0 Å². The van der Waals surface area contributed by atoms with Crippen LogP contribution in [0.15, 0.2) is 54.7 Å². The highest BCUT2D eigenvalue weighted by Gasteiger charge is 2.40. The predicted molar refractivity (Wildman–Crippen MR) is 138 cm³/mol. The van der Waals surface area contributed by atoms with Gasteiger partial charge in [0, 0.05) is 39.9 Å². The van der Waals surface area contributed by atoms with E-state index < -0.39 is 11.6 Å². The lowest BCUT2D eigenvalue weighted by Gasteiger charge is -2.43. The Balaban J connectivity index is 1.84. The molecule has 5 rings (SSSR count). The Morgan fingerprint density at radius 3 is 2.50 bits per heavy atom. The predicted octanol–water partition coefficient (Wildman–Crippen LogP) is 6.66. The lowest BCUT2D eigenvalue weighted by Crippen LogP contribution is -2.50. The van der Waals surface area contributed by atoms with Gasteiger partial charge >= 0.3 is 0 Å². The molecular weight excluding hydrogens is 423 g/mol. The van der Waals surface area contributed by atoms with Crippen LogP contribution in [0.25, 0.3) is 22.0 Å². The molecule has 4 heteroatoms. The SMILES string of the molecule is Cc1cc(-c2cccc3c(C)c[nH]c23)c(C#Cc2ccccc2F)c2c1NC(C)(C)C(O)[C@H]2C. The van der Waals surface area contributed by atoms with E-state index in [0.717, 1.165) is 44.4 Å². The van der Waals surface area contributed by atoms with Gasteiger partial charge in [0.1, 0.15) is 5.82 Å². The second-order valence-electron chi connectivity index (χ2n) is 9.91. The van der Waals surface area contributed by atoms with Crippen molar-refractivity contribution in [2.75, 3.05) is 5.32 Å². The smallest absolute Gasteiger partial charge is 0.138 e. The summed E-state index contributed by atoms with van der Waals surface area (Å²) in [7, 11) is 0. The zero-order valence-electron chi connectivity index (χ0n) is 20.2. The fraction of sp³-hybridized carbons (Fsp3) is 0.267. The summed E-state index contributed by atoms with van der Waals surface area (Å²) in [5.41, 5.74) is 8.01. The minimum atomic E-state index is -0.604. The first-order valence-corrected chi connectivity index (χ1v) is 11.7. The first-order valence-electron chi connectivity index (χ1n) is 11.7. The summed E-state index contributed by atoms with van der Waals surface area (Å²) >= 11 is 0. The fourth-order valence-corrected chi connectivity index (χ4v) is 5.20. The number of H-pyrrole nitrogens is 1. The van der Waals surface area contributed by atoms with Crippen LogP contribution in [-0.4, -0.2) is 21.7 Å². The van der Waals surface area contributed by atoms with Gasteiger partial charge in [-0.05, 0) is 62.6 Å². The maximum absolute atomic E-state index is 14.4. The molecule has 1 aromatic heterocycles. The molecule has 2 atom stereocenters. The van der Waals surface area contributed by atoms with Crippen LogP contribution >= 0.6 is 0 Å². The first kappa shape index (κ1) is 22.3. The van der Waals surface area contributed by atoms with E-state index in [9.17, 15) is 9.50 Å². The normalized spacial score (nSPS) is 18.7. The van der Waals surface area contributed by atoms with Gasteiger partial charge in [-0.1, -0.05) is 49.1 Å². The van der Waals surface area contributed by atoms with Crippen molar-refractivity contribution in [3.63, 3.8) is 0 Å². The van der Waals surface area contributed by atoms with E-state index in [0.29, 0.717) is 5.56 Å². The Morgan fingerprint density at radius 2 is 1.74 bits per heavy atom. The molecule has 172 valence electrons. The maximum Gasteiger partial charge on any atom is 0.138 e. The van der Waals surface area contributed by atoms with Crippen molar-refractivity contribution < 1.29 is 9.50 Å². The molecule has 3 nitrogen and oxygen atoms in total. The maximum atomic E-state index is 14.4. The van der Waals surface area contributed by atoms with E-state index >= 15 is 0 Å². The average Bonchev–Trinajstić information content (AvgIpc) is 3.19. The Kier molecular flexibility index (Phi) is 5.26. The minimum Gasteiger partial charge on any atom is -0.390 e. The lowest BCUT2D eigenvalue weighted by atomic mass is 9.75. The van der Waals surface area contributed by atoms with Crippen LogP contribution in [0.4, 0.5) is 10.1 Å². The highest BCUT2D eigenvalue weighted by molar-refractivity contribution is 5.98. The number of aromatic amines is 1. The Bertz CT molecular complexity index is 1490. The number of nitrogens with one attached hydrogen (secondary N) is 2. The van der Waals surface area contributed by atoms with E-state index in [4.69, 9.17) is 0 Å². The van der Waals surface area contributed by atoms with Crippen LogP contribution in [0.2, 0.25) is 0 Å². The first-order chi connectivity index (χ1) is 16.2. The van der Waals surface area contributed by atoms with E-state index in [1.807, 2.05) is 27.0 Å². The molecule has 3 aromatic carbocycles. The van der Waals surface area contributed by atoms with E-state index in [-0.39, 0.29) is 11.7 Å². The van der Waals surface area contributed by atoms with Gasteiger partial charge in [0.2, 0.25) is 0 Å². The van der Waals surface area contributed by atoms with Crippen LogP contribution in [0, 0.1) is 31.5 Å². The molecule has 0 spiro atoms. The molecule has 0 saturated carbocycles. The number of benzene rings is 3. The molecule has 1 aliphatic rings. The van der Waals surface area contributed by atoms with Crippen LogP contribution in [0.5, 0.6) is 0 Å². The fourth-order valence-electron chi connectivity index (χ4n) is 5.20. The summed E-state index contributed by atoms with van der Waals surface area (Å²) in [6.45, 7) is 10.2. The molecule has 3 N–H and O–H groups in total. The Morgan fingerprint density at radius 1 is 0.971 bits per heavy atom. The standard InChI is InChI=1S/C30H29FN2O/c1-17-15-24(23-11-8-10-21-18(2)16-32-28(21)23)22(14-13-20-9-6-7-12-25(20)31)26-19(3)29(34)30(4,5)33-27(17)26/h6-12,15-16,19,29,32-34H,1-5H3/t19-,29?/m0/s1. The third-order valence-corrected chi connectivity index (χ3v) is 7.09. The second-order valence-corrected chi connectivity index (χ2v) is 9.91. The highest BCUT2D eigenvalue weighted by Crippen LogP contribution is 2.46. The van der Waals surface area contributed by atoms with Gasteiger partial charge in [0.05, 0.1) is 22.7 Å². The molecule has 0 radical (unpaired) electrons. The third-order valence-electron chi connectivity index (χ3n) is 7.09. The molecule has 0 bridgehead atoms. The number of rotatable bonds is 1. The van der Waals surface area contributed by atoms with Gasteiger partial charge in [0.25, 0.3) is 0 Å². The number of hydrogen-bond acceptors (Lipinski definition) is 2. The largest absolute Gasteiger partial charge is 0.390 e. The molecule has 4 aromatic rings. The van der Waals surface area contributed by atoms with Crippen LogP contribution < -0.4 is 5.32 Å². The number of aliphatic hydroxyl groups is 1. The average molecular weight is 453 g/mol. The minimum absolute atomic E-state index is 0.153. The summed E-state index contributed by atoms with van der Waals surface area (Å²) in [5.74, 6) is 5.90. The molecule has 34 heavy (non-hydrogen) atoms. The second kappa shape index (κ2) is 8.04. The third kappa shape index (κ3) is 3.48. The topological polar surface area (TPSA) is 48.0 Å². The van der Waals surface area contributed by atoms with E-state index in [1.165, 1.54) is 11.6 Å². The van der Waals surface area contributed by atoms with Gasteiger partial charge in [0.15, 0.2) is 0 Å². The number of aryl methyl sites for hydroxylation is 2. The number of aromatic nitrogens is 1. The van der Waals surface area contributed by atoms with Crippen molar-refractivity contribution in [1.82, 2.24) is 4.98 Å². The number of hydrogen-bond donors (Lipinski definition) is 3. The summed E-state index contributed by atoms with van der Waals surface area (Å²) in [5, 5.41) is 15.9. The number of aliphatic hydroxyl groups excluding tert-OH is 1.